The van der Waals surface area contributed by atoms with Gasteiger partial charge < -0.3 is 19.7 Å². The number of carboxylic acid groups (broad SMARTS) is 1. The second kappa shape index (κ2) is 7.27. The third kappa shape index (κ3) is 3.62. The smallest absolute Gasteiger partial charge is 0.334 e. The number of rotatable bonds is 6. The quantitative estimate of drug-likeness (QED) is 0.847. The van der Waals surface area contributed by atoms with Crippen LogP contribution in [0.25, 0.3) is 5.69 Å². The van der Waals surface area contributed by atoms with Crippen molar-refractivity contribution in [1.82, 2.24) is 9.88 Å². The van der Waals surface area contributed by atoms with E-state index in [0.29, 0.717) is 11.3 Å². The summed E-state index contributed by atoms with van der Waals surface area (Å²) in [4.78, 5) is 23.2. The van der Waals surface area contributed by atoms with Crippen LogP contribution in [-0.4, -0.2) is 41.3 Å². The first-order valence-electron chi connectivity index (χ1n) is 7.33. The van der Waals surface area contributed by atoms with Crippen molar-refractivity contribution < 1.29 is 23.8 Å². The highest BCUT2D eigenvalue weighted by atomic mass is 19.1. The normalized spacial score (nSPS) is 12.0. The highest BCUT2D eigenvalue weighted by Gasteiger charge is 2.20. The number of carboxylic acids is 1. The number of hydrogen-bond donors (Lipinski definition) is 2. The van der Waals surface area contributed by atoms with Crippen LogP contribution in [0.1, 0.15) is 21.7 Å². The van der Waals surface area contributed by atoms with Gasteiger partial charge in [-0.05, 0) is 44.2 Å². The molecule has 0 aliphatic rings. The van der Waals surface area contributed by atoms with Gasteiger partial charge in [-0.3, -0.25) is 4.79 Å². The van der Waals surface area contributed by atoms with Crippen LogP contribution in [0.5, 0.6) is 0 Å². The summed E-state index contributed by atoms with van der Waals surface area (Å²) in [6, 6.07) is 7.66. The van der Waals surface area contributed by atoms with E-state index >= 15 is 0 Å². The Bertz CT molecular complexity index is 753. The molecule has 24 heavy (non-hydrogen) atoms. The van der Waals surface area contributed by atoms with E-state index in [1.807, 2.05) is 11.5 Å². The summed E-state index contributed by atoms with van der Waals surface area (Å²) < 4.78 is 19.7. The number of carbonyl (C=O) groups excluding carboxylic acids is 1. The van der Waals surface area contributed by atoms with Crippen LogP contribution in [0.3, 0.4) is 0 Å². The van der Waals surface area contributed by atoms with E-state index in [4.69, 9.17) is 9.84 Å². The van der Waals surface area contributed by atoms with Crippen molar-refractivity contribution in [2.75, 3.05) is 13.7 Å². The van der Waals surface area contributed by atoms with Gasteiger partial charge in [0.2, 0.25) is 0 Å². The Hall–Kier alpha value is -2.67. The summed E-state index contributed by atoms with van der Waals surface area (Å²) in [5.41, 5.74) is 2.66. The maximum atomic E-state index is 13.1. The predicted molar refractivity (Wildman–Crippen MR) is 86.0 cm³/mol. The lowest BCUT2D eigenvalue weighted by molar-refractivity contribution is -0.148. The van der Waals surface area contributed by atoms with E-state index in [1.165, 1.54) is 19.2 Å². The van der Waals surface area contributed by atoms with Gasteiger partial charge in [-0.15, -0.1) is 0 Å². The van der Waals surface area contributed by atoms with Gasteiger partial charge in [0.1, 0.15) is 5.82 Å². The summed E-state index contributed by atoms with van der Waals surface area (Å²) in [5.74, 6) is -1.87. The molecule has 1 heterocycles. The summed E-state index contributed by atoms with van der Waals surface area (Å²) in [7, 11) is 1.27. The zero-order valence-corrected chi connectivity index (χ0v) is 13.7. The second-order valence-electron chi connectivity index (χ2n) is 5.37. The fourth-order valence-corrected chi connectivity index (χ4v) is 2.53. The molecule has 1 amide bonds. The molecule has 128 valence electrons. The van der Waals surface area contributed by atoms with Gasteiger partial charge in [-0.2, -0.15) is 0 Å². The van der Waals surface area contributed by atoms with Gasteiger partial charge >= 0.3 is 5.97 Å². The molecular weight excluding hydrogens is 315 g/mol. The highest BCUT2D eigenvalue weighted by molar-refractivity contribution is 5.96. The van der Waals surface area contributed by atoms with Crippen LogP contribution in [-0.2, 0) is 9.53 Å². The topological polar surface area (TPSA) is 80.6 Å². The molecule has 1 atom stereocenters. The van der Waals surface area contributed by atoms with E-state index < -0.39 is 12.1 Å². The Morgan fingerprint density at radius 3 is 2.46 bits per heavy atom. The molecule has 2 aromatic rings. The number of aromatic nitrogens is 1. The lowest BCUT2D eigenvalue weighted by atomic mass is 10.2. The van der Waals surface area contributed by atoms with Crippen LogP contribution in [0.4, 0.5) is 4.39 Å². The molecule has 0 spiro atoms. The van der Waals surface area contributed by atoms with Gasteiger partial charge in [-0.1, -0.05) is 0 Å². The number of hydrogen-bond acceptors (Lipinski definition) is 3. The minimum Gasteiger partial charge on any atom is -0.479 e. The SMILES string of the molecule is COC(CNC(=O)c1cc(C)n(-c2ccc(F)cc2)c1C)C(=O)O. The minimum atomic E-state index is -1.14. The molecule has 0 aliphatic heterocycles. The number of ether oxygens (including phenoxy) is 1. The van der Waals surface area contributed by atoms with Crippen LogP contribution in [0, 0.1) is 19.7 Å². The Labute approximate surface area is 138 Å². The Kier molecular flexibility index (Phi) is 5.35. The van der Waals surface area contributed by atoms with Crippen molar-refractivity contribution in [2.24, 2.45) is 0 Å². The molecule has 0 saturated heterocycles. The van der Waals surface area contributed by atoms with Crippen molar-refractivity contribution in [2.45, 2.75) is 20.0 Å². The van der Waals surface area contributed by atoms with Crippen molar-refractivity contribution in [3.8, 4) is 5.69 Å². The molecule has 1 unspecified atom stereocenters. The first-order valence-corrected chi connectivity index (χ1v) is 7.33. The number of aliphatic carboxylic acids is 1. The molecule has 1 aromatic heterocycles. The fraction of sp³-hybridized carbons (Fsp3) is 0.294. The van der Waals surface area contributed by atoms with Crippen molar-refractivity contribution in [3.63, 3.8) is 0 Å². The van der Waals surface area contributed by atoms with Gasteiger partial charge in [0.05, 0.1) is 12.1 Å². The maximum Gasteiger partial charge on any atom is 0.334 e. The Balaban J connectivity index is 2.23. The van der Waals surface area contributed by atoms with E-state index in [9.17, 15) is 14.0 Å². The van der Waals surface area contributed by atoms with Crippen LogP contribution >= 0.6 is 0 Å². The van der Waals surface area contributed by atoms with Gasteiger partial charge in [-0.25, -0.2) is 9.18 Å². The second-order valence-corrected chi connectivity index (χ2v) is 5.37. The predicted octanol–water partition coefficient (Wildman–Crippen LogP) is 2.06. The number of methoxy groups -OCH3 is 1. The minimum absolute atomic E-state index is 0.134. The Morgan fingerprint density at radius 2 is 1.92 bits per heavy atom. The van der Waals surface area contributed by atoms with Crippen LogP contribution < -0.4 is 5.32 Å². The number of aryl methyl sites for hydroxylation is 1. The maximum absolute atomic E-state index is 13.1. The van der Waals surface area contributed by atoms with Crippen molar-refractivity contribution >= 4 is 11.9 Å². The first-order chi connectivity index (χ1) is 11.3. The lowest BCUT2D eigenvalue weighted by Crippen LogP contribution is -2.37. The monoisotopic (exact) mass is 334 g/mol. The van der Waals surface area contributed by atoms with E-state index in [0.717, 1.165) is 11.4 Å². The Morgan fingerprint density at radius 1 is 1.29 bits per heavy atom. The number of halogens is 1. The number of carbonyl (C=O) groups is 2. The number of benzene rings is 1. The third-order valence-corrected chi connectivity index (χ3v) is 3.77. The van der Waals surface area contributed by atoms with Crippen LogP contribution in [0.15, 0.2) is 30.3 Å². The summed E-state index contributed by atoms with van der Waals surface area (Å²) in [6.07, 6.45) is -1.10. The van der Waals surface area contributed by atoms with Crippen LogP contribution in [0.2, 0.25) is 0 Å². The first kappa shape index (κ1) is 17.7. The summed E-state index contributed by atoms with van der Waals surface area (Å²) in [5, 5.41) is 11.5. The molecular formula is C17H19FN2O4. The van der Waals surface area contributed by atoms with E-state index in [1.54, 1.807) is 25.1 Å². The molecule has 2 rings (SSSR count). The third-order valence-electron chi connectivity index (χ3n) is 3.77. The highest BCUT2D eigenvalue weighted by Crippen LogP contribution is 2.21. The zero-order chi connectivity index (χ0) is 17.9. The molecule has 0 bridgehead atoms. The number of nitrogens with one attached hydrogen (secondary N) is 1. The lowest BCUT2D eigenvalue weighted by Gasteiger charge is -2.12. The zero-order valence-electron chi connectivity index (χ0n) is 13.7. The molecule has 2 N–H and O–H groups in total. The molecule has 1 aromatic carbocycles. The molecule has 0 radical (unpaired) electrons. The standard InChI is InChI=1S/C17H19FN2O4/c1-10-8-14(16(21)19-9-15(24-3)17(22)23)11(2)20(10)13-6-4-12(18)5-7-13/h4-8,15H,9H2,1-3H3,(H,19,21)(H,22,23). The van der Waals surface area contributed by atoms with Crippen molar-refractivity contribution in [1.29, 1.82) is 0 Å². The summed E-state index contributed by atoms with van der Waals surface area (Å²) >= 11 is 0. The number of amides is 1. The average molecular weight is 334 g/mol. The summed E-state index contributed by atoms with van der Waals surface area (Å²) in [6.45, 7) is 3.48. The fourth-order valence-electron chi connectivity index (χ4n) is 2.53. The molecule has 0 fully saturated rings. The molecule has 6 nitrogen and oxygen atoms in total. The van der Waals surface area contributed by atoms with Gasteiger partial charge in [0.15, 0.2) is 6.10 Å². The van der Waals surface area contributed by atoms with Gasteiger partial charge in [0, 0.05) is 24.2 Å². The average Bonchev–Trinajstić information content (AvgIpc) is 2.83. The van der Waals surface area contributed by atoms with Crippen molar-refractivity contribution in [3.05, 3.63) is 53.1 Å². The van der Waals surface area contributed by atoms with E-state index in [-0.39, 0.29) is 18.3 Å². The molecule has 0 aliphatic carbocycles. The number of nitrogens with zero attached hydrogens (tertiary/aromatic N) is 1. The van der Waals surface area contributed by atoms with Gasteiger partial charge in [0.25, 0.3) is 5.91 Å². The largest absolute Gasteiger partial charge is 0.479 e. The molecule has 0 saturated carbocycles. The molecule has 7 heteroatoms. The van der Waals surface area contributed by atoms with E-state index in [2.05, 4.69) is 5.32 Å².